The van der Waals surface area contributed by atoms with Crippen LogP contribution in [0, 0.1) is 0 Å². The van der Waals surface area contributed by atoms with Crippen molar-refractivity contribution in [2.24, 2.45) is 0 Å². The molecular formula is C21H36O6Si. The third-order valence-corrected chi connectivity index (χ3v) is 10.8. The van der Waals surface area contributed by atoms with E-state index in [2.05, 4.69) is 39.9 Å². The van der Waals surface area contributed by atoms with Gasteiger partial charge in [-0.05, 0) is 49.4 Å². The minimum atomic E-state index is -2.38. The van der Waals surface area contributed by atoms with Gasteiger partial charge in [-0.25, -0.2) is 4.79 Å². The van der Waals surface area contributed by atoms with Gasteiger partial charge in [0.25, 0.3) is 11.6 Å². The molecule has 0 saturated carbocycles. The molecule has 1 unspecified atom stereocenters. The van der Waals surface area contributed by atoms with Crippen LogP contribution in [0.1, 0.15) is 46.5 Å². The van der Waals surface area contributed by atoms with E-state index in [-0.39, 0.29) is 5.04 Å². The molecule has 0 amide bonds. The van der Waals surface area contributed by atoms with Gasteiger partial charge in [0.05, 0.1) is 7.11 Å². The molecule has 7 heteroatoms. The van der Waals surface area contributed by atoms with Crippen molar-refractivity contribution in [1.29, 1.82) is 0 Å². The molecule has 0 radical (unpaired) electrons. The second kappa shape index (κ2) is 8.03. The van der Waals surface area contributed by atoms with Gasteiger partial charge in [-0.3, -0.25) is 0 Å². The number of esters is 1. The predicted octanol–water partition coefficient (Wildman–Crippen LogP) is 4.32. The van der Waals surface area contributed by atoms with E-state index in [0.29, 0.717) is 11.1 Å². The Morgan fingerprint density at radius 3 is 1.96 bits per heavy atom. The van der Waals surface area contributed by atoms with E-state index in [4.69, 9.17) is 23.4 Å². The number of hydrogen-bond acceptors (Lipinski definition) is 6. The molecular weight excluding hydrogens is 376 g/mol. The van der Waals surface area contributed by atoms with Gasteiger partial charge in [-0.2, -0.15) is 0 Å². The third kappa shape index (κ3) is 3.31. The monoisotopic (exact) mass is 412 g/mol. The maximum Gasteiger partial charge on any atom is 0.339 e. The summed E-state index contributed by atoms with van der Waals surface area (Å²) in [6, 6.07) is 0. The molecule has 0 N–H and O–H groups in total. The van der Waals surface area contributed by atoms with Gasteiger partial charge in [0.2, 0.25) is 0 Å². The van der Waals surface area contributed by atoms with E-state index >= 15 is 0 Å². The molecule has 0 bridgehead atoms. The van der Waals surface area contributed by atoms with Crippen molar-refractivity contribution in [2.45, 2.75) is 76.2 Å². The van der Waals surface area contributed by atoms with Crippen molar-refractivity contribution < 1.29 is 28.2 Å². The largest absolute Gasteiger partial charge is 0.465 e. The van der Waals surface area contributed by atoms with Crippen LogP contribution in [-0.4, -0.2) is 54.3 Å². The van der Waals surface area contributed by atoms with Crippen LogP contribution in [0.2, 0.25) is 18.1 Å². The quantitative estimate of drug-likeness (QED) is 0.352. The fourth-order valence-corrected chi connectivity index (χ4v) is 5.18. The number of carbonyl (C=O) groups excluding carboxylic acids is 1. The molecule has 6 nitrogen and oxygen atoms in total. The third-order valence-electron chi connectivity index (χ3n) is 6.41. The Hall–Kier alpha value is -0.993. The molecule has 0 aromatic rings. The fraction of sp³-hybridized carbons (Fsp3) is 0.762. The molecule has 2 aliphatic carbocycles. The van der Waals surface area contributed by atoms with Gasteiger partial charge in [0.1, 0.15) is 5.57 Å². The summed E-state index contributed by atoms with van der Waals surface area (Å²) in [7, 11) is 3.63. The minimum Gasteiger partial charge on any atom is -0.465 e. The highest BCUT2D eigenvalue weighted by atomic mass is 28.4. The zero-order chi connectivity index (χ0) is 21.4. The summed E-state index contributed by atoms with van der Waals surface area (Å²) in [6.07, 6.45) is 6.15. The first kappa shape index (κ1) is 23.3. The minimum absolute atomic E-state index is 0.104. The van der Waals surface area contributed by atoms with E-state index in [9.17, 15) is 4.79 Å². The summed E-state index contributed by atoms with van der Waals surface area (Å²) in [5.41, 5.74) is 2.07. The van der Waals surface area contributed by atoms with Gasteiger partial charge >= 0.3 is 5.97 Å². The Morgan fingerprint density at radius 1 is 1.00 bits per heavy atom. The van der Waals surface area contributed by atoms with E-state index in [1.54, 1.807) is 14.2 Å². The van der Waals surface area contributed by atoms with Gasteiger partial charge in [0.15, 0.2) is 8.32 Å². The van der Waals surface area contributed by atoms with Crippen LogP contribution >= 0.6 is 0 Å². The Bertz CT molecular complexity index is 669. The van der Waals surface area contributed by atoms with Gasteiger partial charge in [-0.1, -0.05) is 26.8 Å². The van der Waals surface area contributed by atoms with Crippen LogP contribution in [0.5, 0.6) is 0 Å². The van der Waals surface area contributed by atoms with Crippen LogP contribution in [0.25, 0.3) is 0 Å². The highest BCUT2D eigenvalue weighted by molar-refractivity contribution is 6.74. The molecule has 0 aromatic carbocycles. The number of allylic oxidation sites excluding steroid dienone is 1. The SMILES string of the molecule is COC(=O)C1=C(C2=CCCCC2)C(OC)(OC)C1(OC)O[Si](C)(C)C(C)(C)C. The maximum atomic E-state index is 12.9. The van der Waals surface area contributed by atoms with Crippen LogP contribution in [0.3, 0.4) is 0 Å². The van der Waals surface area contributed by atoms with Gasteiger partial charge in [0, 0.05) is 26.9 Å². The Labute approximate surface area is 170 Å². The molecule has 28 heavy (non-hydrogen) atoms. The van der Waals surface area contributed by atoms with Crippen LogP contribution in [-0.2, 0) is 28.2 Å². The van der Waals surface area contributed by atoms with E-state index < -0.39 is 25.9 Å². The summed E-state index contributed by atoms with van der Waals surface area (Å²) < 4.78 is 29.6. The van der Waals surface area contributed by atoms with Crippen LogP contribution in [0.15, 0.2) is 22.8 Å². The molecule has 0 aromatic heterocycles. The lowest BCUT2D eigenvalue weighted by Gasteiger charge is -2.59. The molecule has 0 spiro atoms. The molecule has 1 atom stereocenters. The number of rotatable bonds is 7. The second-order valence-corrected chi connectivity index (χ2v) is 13.6. The fourth-order valence-electron chi connectivity index (χ4n) is 3.84. The summed E-state index contributed by atoms with van der Waals surface area (Å²) >= 11 is 0. The Kier molecular flexibility index (Phi) is 6.68. The number of carbonyl (C=O) groups is 1. The molecule has 0 heterocycles. The topological polar surface area (TPSA) is 63.2 Å². The van der Waals surface area contributed by atoms with Crippen molar-refractivity contribution in [3.8, 4) is 0 Å². The highest BCUT2D eigenvalue weighted by Crippen LogP contribution is 2.59. The lowest BCUT2D eigenvalue weighted by atomic mass is 9.69. The Balaban J connectivity index is 2.75. The Morgan fingerprint density at radius 2 is 1.57 bits per heavy atom. The normalized spacial score (nSPS) is 25.2. The number of methoxy groups -OCH3 is 4. The van der Waals surface area contributed by atoms with Gasteiger partial charge in [-0.15, -0.1) is 0 Å². The summed E-state index contributed by atoms with van der Waals surface area (Å²) in [5, 5.41) is -0.104. The molecule has 160 valence electrons. The van der Waals surface area contributed by atoms with Gasteiger partial charge < -0.3 is 23.4 Å². The van der Waals surface area contributed by atoms with E-state index in [0.717, 1.165) is 31.3 Å². The van der Waals surface area contributed by atoms with Crippen molar-refractivity contribution >= 4 is 14.3 Å². The van der Waals surface area contributed by atoms with Crippen molar-refractivity contribution in [2.75, 3.05) is 28.4 Å². The second-order valence-electron chi connectivity index (χ2n) is 8.92. The first-order chi connectivity index (χ1) is 13.0. The van der Waals surface area contributed by atoms with Crippen molar-refractivity contribution in [3.05, 3.63) is 22.8 Å². The highest BCUT2D eigenvalue weighted by Gasteiger charge is 2.74. The lowest BCUT2D eigenvalue weighted by molar-refractivity contribution is -0.358. The molecule has 0 aliphatic heterocycles. The smallest absolute Gasteiger partial charge is 0.339 e. The summed E-state index contributed by atoms with van der Waals surface area (Å²) in [4.78, 5) is 12.9. The van der Waals surface area contributed by atoms with Crippen LogP contribution < -0.4 is 0 Å². The summed E-state index contributed by atoms with van der Waals surface area (Å²) in [5.74, 6) is -3.30. The number of ether oxygens (including phenoxy) is 4. The van der Waals surface area contributed by atoms with E-state index in [1.165, 1.54) is 14.2 Å². The first-order valence-electron chi connectivity index (χ1n) is 9.86. The van der Waals surface area contributed by atoms with Crippen LogP contribution in [0.4, 0.5) is 0 Å². The van der Waals surface area contributed by atoms with Crippen molar-refractivity contribution in [3.63, 3.8) is 0 Å². The maximum absolute atomic E-state index is 12.9. The molecule has 2 aliphatic rings. The predicted molar refractivity (Wildman–Crippen MR) is 110 cm³/mol. The zero-order valence-corrected chi connectivity index (χ0v) is 19.9. The lowest BCUT2D eigenvalue weighted by Crippen LogP contribution is -2.73. The standard InChI is InChI=1S/C21H36O6Si/c1-19(2,3)28(8,9)27-21(26-7)17(18(22)23-4)16(20(21,24-5)25-6)15-13-11-10-12-14-15/h13H,10-12,14H2,1-9H3. The molecule has 2 rings (SSSR count). The average molecular weight is 413 g/mol. The zero-order valence-electron chi connectivity index (χ0n) is 18.9. The number of hydrogen-bond donors (Lipinski definition) is 0. The van der Waals surface area contributed by atoms with Crippen molar-refractivity contribution in [1.82, 2.24) is 0 Å². The summed E-state index contributed by atoms with van der Waals surface area (Å²) in [6.45, 7) is 10.6. The molecule has 0 saturated heterocycles. The van der Waals surface area contributed by atoms with E-state index in [1.807, 2.05) is 0 Å². The average Bonchev–Trinajstić information content (AvgIpc) is 2.65. The molecule has 0 fully saturated rings. The first-order valence-corrected chi connectivity index (χ1v) is 12.8.